The molecule has 0 saturated heterocycles. The quantitative estimate of drug-likeness (QED) is 0.654. The number of carbonyl (C=O) groups excluding carboxylic acids is 1. The Hall–Kier alpha value is -3.11. The Morgan fingerprint density at radius 1 is 1.35 bits per heavy atom. The Bertz CT molecular complexity index is 1020. The van der Waals surface area contributed by atoms with Crippen LogP contribution in [-0.2, 0) is 0 Å². The van der Waals surface area contributed by atoms with E-state index in [0.717, 1.165) is 6.42 Å². The monoisotopic (exact) mass is 366 g/mol. The molecule has 132 valence electrons. The first-order chi connectivity index (χ1) is 12.4. The molecular formula is C19H20N5OS+. The molecule has 1 aromatic carbocycles. The summed E-state index contributed by atoms with van der Waals surface area (Å²) in [5.74, 6) is 0.452. The van der Waals surface area contributed by atoms with E-state index in [1.807, 2.05) is 30.3 Å². The molecule has 0 saturated carbocycles. The third-order valence-electron chi connectivity index (χ3n) is 4.49. The lowest BCUT2D eigenvalue weighted by molar-refractivity contribution is -0.323. The Kier molecular flexibility index (Phi) is 4.78. The minimum atomic E-state index is -0.287. The third kappa shape index (κ3) is 3.19. The number of H-pyrrole nitrogens is 1. The molecule has 0 fully saturated rings. The number of thiophene rings is 1. The molecule has 1 amide bonds. The molecule has 3 aromatic rings. The third-order valence-corrected chi connectivity index (χ3v) is 5.62. The van der Waals surface area contributed by atoms with E-state index in [9.17, 15) is 4.79 Å². The number of pyridine rings is 1. The van der Waals surface area contributed by atoms with Crippen molar-refractivity contribution >= 4 is 44.7 Å². The lowest BCUT2D eigenvalue weighted by Crippen LogP contribution is -2.12. The summed E-state index contributed by atoms with van der Waals surface area (Å²) in [7, 11) is 0. The molecule has 2 aromatic heterocycles. The topological polar surface area (TPSA) is 119 Å². The fraction of sp³-hybridized carbons (Fsp3) is 0.211. The first-order valence-corrected chi connectivity index (χ1v) is 9.11. The van der Waals surface area contributed by atoms with E-state index in [1.165, 1.54) is 16.9 Å². The van der Waals surface area contributed by atoms with E-state index in [2.05, 4.69) is 24.1 Å². The second-order valence-corrected chi connectivity index (χ2v) is 7.20. The van der Waals surface area contributed by atoms with Gasteiger partial charge in [-0.05, 0) is 36.1 Å². The van der Waals surface area contributed by atoms with Gasteiger partial charge in [0.2, 0.25) is 0 Å². The zero-order chi connectivity index (χ0) is 18.8. The fourth-order valence-electron chi connectivity index (χ4n) is 2.68. The van der Waals surface area contributed by atoms with Crippen LogP contribution in [0.5, 0.6) is 0 Å². The molecule has 0 spiro atoms. The van der Waals surface area contributed by atoms with Crippen molar-refractivity contribution < 1.29 is 9.78 Å². The highest BCUT2D eigenvalue weighted by atomic mass is 32.1. The lowest BCUT2D eigenvalue weighted by Gasteiger charge is -2.10. The number of anilines is 3. The van der Waals surface area contributed by atoms with Crippen molar-refractivity contribution in [2.75, 3.05) is 16.8 Å². The van der Waals surface area contributed by atoms with Gasteiger partial charge in [-0.2, -0.15) is 5.26 Å². The summed E-state index contributed by atoms with van der Waals surface area (Å²) in [4.78, 5) is 16.6. The summed E-state index contributed by atoms with van der Waals surface area (Å²) in [6.45, 7) is 4.31. The van der Waals surface area contributed by atoms with E-state index in [0.29, 0.717) is 37.9 Å². The van der Waals surface area contributed by atoms with Crippen LogP contribution < -0.4 is 21.8 Å². The molecule has 6 nitrogen and oxygen atoms in total. The van der Waals surface area contributed by atoms with Gasteiger partial charge >= 0.3 is 0 Å². The summed E-state index contributed by atoms with van der Waals surface area (Å²) < 4.78 is 0. The van der Waals surface area contributed by atoms with E-state index in [-0.39, 0.29) is 11.7 Å². The second-order valence-electron chi connectivity index (χ2n) is 6.18. The Balaban J connectivity index is 1.88. The molecule has 26 heavy (non-hydrogen) atoms. The van der Waals surface area contributed by atoms with Gasteiger partial charge in [-0.15, -0.1) is 0 Å². The summed E-state index contributed by atoms with van der Waals surface area (Å²) in [5.41, 5.74) is 14.5. The average Bonchev–Trinajstić information content (AvgIpc) is 2.96. The van der Waals surface area contributed by atoms with Gasteiger partial charge in [0, 0.05) is 5.69 Å². The Labute approximate surface area is 155 Å². The Morgan fingerprint density at radius 3 is 2.65 bits per heavy atom. The number of aromatic nitrogens is 1. The first-order valence-electron chi connectivity index (χ1n) is 8.29. The molecule has 0 bridgehead atoms. The molecular weight excluding hydrogens is 346 g/mol. The van der Waals surface area contributed by atoms with Crippen LogP contribution in [0.4, 0.5) is 17.2 Å². The highest BCUT2D eigenvalue weighted by Gasteiger charge is 2.21. The van der Waals surface area contributed by atoms with Gasteiger partial charge in [0.25, 0.3) is 11.7 Å². The van der Waals surface area contributed by atoms with Gasteiger partial charge in [0.15, 0.2) is 4.83 Å². The maximum Gasteiger partial charge on any atom is 0.289 e. The molecule has 7 heteroatoms. The SMILES string of the molecule is CC[C@@H](C)c1ccc(NC(=O)c2sc3[nH+]c(N)c(C#N)cc3c2N)cc1. The fourth-order valence-corrected chi connectivity index (χ4v) is 3.69. The maximum atomic E-state index is 12.6. The van der Waals surface area contributed by atoms with Crippen molar-refractivity contribution in [1.29, 1.82) is 5.26 Å². The summed E-state index contributed by atoms with van der Waals surface area (Å²) in [5, 5.41) is 12.6. The van der Waals surface area contributed by atoms with Gasteiger partial charge in [0.1, 0.15) is 16.5 Å². The largest absolute Gasteiger partial charge is 0.397 e. The minimum absolute atomic E-state index is 0.258. The number of benzene rings is 1. The molecule has 6 N–H and O–H groups in total. The lowest BCUT2D eigenvalue weighted by atomic mass is 9.99. The van der Waals surface area contributed by atoms with Crippen LogP contribution in [0.1, 0.15) is 47.0 Å². The van der Waals surface area contributed by atoms with Crippen molar-refractivity contribution in [3.63, 3.8) is 0 Å². The van der Waals surface area contributed by atoms with E-state index >= 15 is 0 Å². The number of hydrogen-bond acceptors (Lipinski definition) is 5. The molecule has 2 heterocycles. The zero-order valence-electron chi connectivity index (χ0n) is 14.6. The number of nitrogens with two attached hydrogens (primary N) is 2. The number of rotatable bonds is 4. The van der Waals surface area contributed by atoms with Crippen molar-refractivity contribution in [3.8, 4) is 6.07 Å². The van der Waals surface area contributed by atoms with Crippen LogP contribution in [-0.4, -0.2) is 5.91 Å². The molecule has 1 atom stereocenters. The van der Waals surface area contributed by atoms with Crippen LogP contribution in [0.15, 0.2) is 30.3 Å². The van der Waals surface area contributed by atoms with E-state index in [1.54, 1.807) is 6.07 Å². The maximum absolute atomic E-state index is 12.6. The molecule has 0 radical (unpaired) electrons. The van der Waals surface area contributed by atoms with Gasteiger partial charge < -0.3 is 11.1 Å². The summed E-state index contributed by atoms with van der Waals surface area (Å²) in [6, 6.07) is 11.4. The Morgan fingerprint density at radius 2 is 2.04 bits per heavy atom. The molecule has 0 unspecified atom stereocenters. The van der Waals surface area contributed by atoms with Crippen molar-refractivity contribution in [2.45, 2.75) is 26.2 Å². The van der Waals surface area contributed by atoms with Crippen molar-refractivity contribution in [3.05, 3.63) is 46.3 Å². The van der Waals surface area contributed by atoms with Gasteiger partial charge in [-0.1, -0.05) is 37.3 Å². The van der Waals surface area contributed by atoms with Gasteiger partial charge in [-0.3, -0.25) is 10.5 Å². The van der Waals surface area contributed by atoms with Gasteiger partial charge in [-0.25, -0.2) is 4.98 Å². The predicted molar refractivity (Wildman–Crippen MR) is 105 cm³/mol. The predicted octanol–water partition coefficient (Wildman–Crippen LogP) is 3.52. The number of nitrogens with one attached hydrogen (secondary N) is 2. The number of nitrogens with zero attached hydrogens (tertiary/aromatic N) is 1. The first kappa shape index (κ1) is 17.7. The average molecular weight is 366 g/mol. The smallest absolute Gasteiger partial charge is 0.289 e. The summed E-state index contributed by atoms with van der Waals surface area (Å²) in [6.07, 6.45) is 1.06. The zero-order valence-corrected chi connectivity index (χ0v) is 15.4. The van der Waals surface area contributed by atoms with Gasteiger partial charge in [0.05, 0.1) is 11.1 Å². The van der Waals surface area contributed by atoms with Crippen LogP contribution >= 0.6 is 11.3 Å². The van der Waals surface area contributed by atoms with E-state index in [4.69, 9.17) is 16.7 Å². The number of nitriles is 1. The molecule has 3 rings (SSSR count). The highest BCUT2D eigenvalue weighted by Crippen LogP contribution is 2.33. The van der Waals surface area contributed by atoms with Crippen LogP contribution in [0.25, 0.3) is 10.2 Å². The molecule has 0 aliphatic heterocycles. The molecule has 0 aliphatic rings. The van der Waals surface area contributed by atoms with Crippen molar-refractivity contribution in [2.24, 2.45) is 0 Å². The van der Waals surface area contributed by atoms with Crippen LogP contribution in [0.3, 0.4) is 0 Å². The second kappa shape index (κ2) is 7.02. The number of aromatic amines is 1. The summed E-state index contributed by atoms with van der Waals surface area (Å²) >= 11 is 1.21. The number of amides is 1. The van der Waals surface area contributed by atoms with E-state index < -0.39 is 0 Å². The number of fused-ring (bicyclic) bond motifs is 1. The van der Waals surface area contributed by atoms with Crippen molar-refractivity contribution in [1.82, 2.24) is 0 Å². The number of nitrogen functional groups attached to an aromatic ring is 2. The normalized spacial score (nSPS) is 11.9. The van der Waals surface area contributed by atoms with Crippen LogP contribution in [0.2, 0.25) is 0 Å². The molecule has 0 aliphatic carbocycles. The number of carbonyl (C=O) groups is 1. The number of hydrogen-bond donors (Lipinski definition) is 3. The minimum Gasteiger partial charge on any atom is -0.397 e. The highest BCUT2D eigenvalue weighted by molar-refractivity contribution is 7.20. The van der Waals surface area contributed by atoms with Crippen LogP contribution in [0, 0.1) is 11.3 Å². The standard InChI is InChI=1S/C19H19N5OS/c1-3-10(2)11-4-6-13(7-5-11)23-18(25)16-15(21)14-8-12(9-20)17(22)24-19(14)26-16/h4-8,10H,3,21H2,1-2H3,(H2,22,24)(H,23,25)/p+1/t10-/m1/s1.